The lowest BCUT2D eigenvalue weighted by Crippen LogP contribution is -2.32. The van der Waals surface area contributed by atoms with Gasteiger partial charge in [-0.25, -0.2) is 0 Å². The van der Waals surface area contributed by atoms with Gasteiger partial charge < -0.3 is 10.7 Å². The van der Waals surface area contributed by atoms with E-state index in [4.69, 9.17) is 5.73 Å². The second kappa shape index (κ2) is 4.15. The molecule has 1 aliphatic rings. The van der Waals surface area contributed by atoms with Gasteiger partial charge in [-0.2, -0.15) is 0 Å². The molecule has 0 bridgehead atoms. The summed E-state index contributed by atoms with van der Waals surface area (Å²) in [5.74, 6) is 0. The van der Waals surface area contributed by atoms with Crippen molar-refractivity contribution >= 4 is 0 Å². The molecule has 1 aromatic heterocycles. The van der Waals surface area contributed by atoms with Gasteiger partial charge in [0.2, 0.25) is 0 Å². The van der Waals surface area contributed by atoms with Gasteiger partial charge in [-0.3, -0.25) is 4.90 Å². The smallest absolute Gasteiger partial charge is 0.0651 e. The molecule has 1 saturated heterocycles. The monoisotopic (exact) mass is 193 g/mol. The summed E-state index contributed by atoms with van der Waals surface area (Å²) in [6.07, 6.45) is 4.29. The van der Waals surface area contributed by atoms with Crippen LogP contribution in [0.15, 0.2) is 18.3 Å². The number of aromatic amines is 1. The summed E-state index contributed by atoms with van der Waals surface area (Å²) in [6.45, 7) is 4.51. The van der Waals surface area contributed by atoms with Crippen LogP contribution in [0.5, 0.6) is 0 Å². The highest BCUT2D eigenvalue weighted by Crippen LogP contribution is 2.29. The van der Waals surface area contributed by atoms with Crippen molar-refractivity contribution in [3.63, 3.8) is 0 Å². The summed E-state index contributed by atoms with van der Waals surface area (Å²) < 4.78 is 0. The second-order valence-electron chi connectivity index (χ2n) is 4.06. The molecular formula is C11H19N3. The average molecular weight is 193 g/mol. The summed E-state index contributed by atoms with van der Waals surface area (Å²) in [6, 6.07) is 4.88. The topological polar surface area (TPSA) is 45.0 Å². The van der Waals surface area contributed by atoms with E-state index in [0.717, 1.165) is 19.5 Å². The fourth-order valence-electron chi connectivity index (χ4n) is 2.38. The third-order valence-corrected chi connectivity index (χ3v) is 3.00. The van der Waals surface area contributed by atoms with Crippen LogP contribution in [0.3, 0.4) is 0 Å². The van der Waals surface area contributed by atoms with Crippen LogP contribution >= 0.6 is 0 Å². The van der Waals surface area contributed by atoms with Crippen LogP contribution in [0.1, 0.15) is 31.5 Å². The minimum absolute atomic E-state index is 0.292. The second-order valence-corrected chi connectivity index (χ2v) is 4.06. The summed E-state index contributed by atoms with van der Waals surface area (Å²) in [5, 5.41) is 0. The molecule has 0 amide bonds. The van der Waals surface area contributed by atoms with Crippen molar-refractivity contribution in [3.05, 3.63) is 24.0 Å². The van der Waals surface area contributed by atoms with E-state index in [9.17, 15) is 0 Å². The number of rotatable bonds is 3. The highest BCUT2D eigenvalue weighted by molar-refractivity contribution is 5.14. The van der Waals surface area contributed by atoms with Crippen molar-refractivity contribution in [1.29, 1.82) is 0 Å². The first-order valence-electron chi connectivity index (χ1n) is 5.46. The van der Waals surface area contributed by atoms with Gasteiger partial charge in [-0.05, 0) is 31.5 Å². The predicted molar refractivity (Wildman–Crippen MR) is 58.0 cm³/mol. The Morgan fingerprint density at radius 2 is 2.50 bits per heavy atom. The molecule has 1 aromatic rings. The van der Waals surface area contributed by atoms with E-state index < -0.39 is 0 Å². The van der Waals surface area contributed by atoms with Gasteiger partial charge in [-0.15, -0.1) is 0 Å². The maximum atomic E-state index is 6.13. The summed E-state index contributed by atoms with van der Waals surface area (Å²) in [7, 11) is 0. The number of hydrogen-bond donors (Lipinski definition) is 2. The van der Waals surface area contributed by atoms with Gasteiger partial charge in [0.15, 0.2) is 0 Å². The molecule has 2 atom stereocenters. The standard InChI is InChI=1S/C11H19N3/c1-2-7-14-8-5-9(12)11(14)10-4-3-6-13-10/h3-4,6,9,11,13H,2,5,7-8,12H2,1H3/t9-,11-/m0/s1. The van der Waals surface area contributed by atoms with Gasteiger partial charge in [0.25, 0.3) is 0 Å². The summed E-state index contributed by atoms with van der Waals surface area (Å²) >= 11 is 0. The molecule has 1 aliphatic heterocycles. The van der Waals surface area contributed by atoms with Crippen LogP contribution in [0.2, 0.25) is 0 Å². The minimum atomic E-state index is 0.292. The fraction of sp³-hybridized carbons (Fsp3) is 0.636. The van der Waals surface area contributed by atoms with E-state index in [1.54, 1.807) is 0 Å². The van der Waals surface area contributed by atoms with Crippen molar-refractivity contribution in [1.82, 2.24) is 9.88 Å². The zero-order chi connectivity index (χ0) is 9.97. The lowest BCUT2D eigenvalue weighted by Gasteiger charge is -2.25. The Labute approximate surface area is 85.3 Å². The van der Waals surface area contributed by atoms with E-state index in [0.29, 0.717) is 12.1 Å². The molecule has 0 aromatic carbocycles. The van der Waals surface area contributed by atoms with Gasteiger partial charge >= 0.3 is 0 Å². The van der Waals surface area contributed by atoms with Gasteiger partial charge in [0, 0.05) is 24.5 Å². The Morgan fingerprint density at radius 3 is 3.14 bits per heavy atom. The molecule has 0 unspecified atom stereocenters. The fourth-order valence-corrected chi connectivity index (χ4v) is 2.38. The lowest BCUT2D eigenvalue weighted by atomic mass is 10.1. The number of H-pyrrole nitrogens is 1. The molecule has 2 heterocycles. The van der Waals surface area contributed by atoms with Gasteiger partial charge in [0.1, 0.15) is 0 Å². The molecule has 2 rings (SSSR count). The van der Waals surface area contributed by atoms with Crippen LogP contribution in [0, 0.1) is 0 Å². The largest absolute Gasteiger partial charge is 0.364 e. The number of nitrogens with one attached hydrogen (secondary N) is 1. The van der Waals surface area contributed by atoms with Crippen molar-refractivity contribution in [2.45, 2.75) is 31.8 Å². The molecule has 0 radical (unpaired) electrons. The third kappa shape index (κ3) is 1.70. The Balaban J connectivity index is 2.13. The first-order chi connectivity index (χ1) is 6.83. The number of nitrogens with two attached hydrogens (primary N) is 1. The maximum absolute atomic E-state index is 6.13. The lowest BCUT2D eigenvalue weighted by molar-refractivity contribution is 0.244. The minimum Gasteiger partial charge on any atom is -0.364 e. The van der Waals surface area contributed by atoms with Crippen molar-refractivity contribution in [2.75, 3.05) is 13.1 Å². The molecule has 14 heavy (non-hydrogen) atoms. The molecule has 3 nitrogen and oxygen atoms in total. The Kier molecular flexibility index (Phi) is 2.89. The number of aromatic nitrogens is 1. The highest BCUT2D eigenvalue weighted by Gasteiger charge is 2.32. The van der Waals surface area contributed by atoms with Crippen LogP contribution in [-0.2, 0) is 0 Å². The van der Waals surface area contributed by atoms with Crippen LogP contribution in [-0.4, -0.2) is 29.0 Å². The average Bonchev–Trinajstić information content (AvgIpc) is 2.76. The first-order valence-corrected chi connectivity index (χ1v) is 5.46. The predicted octanol–water partition coefficient (Wildman–Crippen LogP) is 1.50. The van der Waals surface area contributed by atoms with E-state index in [-0.39, 0.29) is 0 Å². The molecule has 0 saturated carbocycles. The van der Waals surface area contributed by atoms with E-state index >= 15 is 0 Å². The van der Waals surface area contributed by atoms with Crippen molar-refractivity contribution in [2.24, 2.45) is 5.73 Å². The van der Waals surface area contributed by atoms with Crippen LogP contribution in [0.25, 0.3) is 0 Å². The van der Waals surface area contributed by atoms with Crippen molar-refractivity contribution < 1.29 is 0 Å². The number of hydrogen-bond acceptors (Lipinski definition) is 2. The Bertz CT molecular complexity index is 266. The van der Waals surface area contributed by atoms with Crippen molar-refractivity contribution in [3.8, 4) is 0 Å². The zero-order valence-corrected chi connectivity index (χ0v) is 8.74. The van der Waals surface area contributed by atoms with Gasteiger partial charge in [-0.1, -0.05) is 6.92 Å². The summed E-state index contributed by atoms with van der Waals surface area (Å²) in [4.78, 5) is 5.76. The van der Waals surface area contributed by atoms with Crippen LogP contribution in [0.4, 0.5) is 0 Å². The molecule has 0 spiro atoms. The quantitative estimate of drug-likeness (QED) is 0.764. The summed E-state index contributed by atoms with van der Waals surface area (Å²) in [5.41, 5.74) is 7.40. The first kappa shape index (κ1) is 9.74. The molecular weight excluding hydrogens is 174 g/mol. The molecule has 3 N–H and O–H groups in total. The van der Waals surface area contributed by atoms with Crippen LogP contribution < -0.4 is 5.73 Å². The molecule has 3 heteroatoms. The van der Waals surface area contributed by atoms with E-state index in [1.807, 2.05) is 12.3 Å². The Hall–Kier alpha value is -0.800. The molecule has 1 fully saturated rings. The normalized spacial score (nSPS) is 28.4. The third-order valence-electron chi connectivity index (χ3n) is 3.00. The SMILES string of the molecule is CCCN1CC[C@H](N)[C@H]1c1ccc[nH]1. The maximum Gasteiger partial charge on any atom is 0.0651 e. The van der Waals surface area contributed by atoms with Gasteiger partial charge in [0.05, 0.1) is 6.04 Å². The molecule has 78 valence electrons. The van der Waals surface area contributed by atoms with E-state index in [1.165, 1.54) is 12.1 Å². The number of likely N-dealkylation sites (tertiary alicyclic amines) is 1. The number of nitrogens with zero attached hydrogens (tertiary/aromatic N) is 1. The Morgan fingerprint density at radius 1 is 1.64 bits per heavy atom. The van der Waals surface area contributed by atoms with E-state index in [2.05, 4.69) is 22.9 Å². The molecule has 0 aliphatic carbocycles. The zero-order valence-electron chi connectivity index (χ0n) is 8.74. The highest BCUT2D eigenvalue weighted by atomic mass is 15.2.